The summed E-state index contributed by atoms with van der Waals surface area (Å²) < 4.78 is 0. The molecule has 3 nitrogen and oxygen atoms in total. The fraction of sp³-hybridized carbons (Fsp3) is 0. The minimum Gasteiger partial charge on any atom is -0.208 e. The molecule has 1 heterocycles. The van der Waals surface area contributed by atoms with Gasteiger partial charge in [0.2, 0.25) is 0 Å². The summed E-state index contributed by atoms with van der Waals surface area (Å²) in [7, 11) is 0. The van der Waals surface area contributed by atoms with Gasteiger partial charge in [0.1, 0.15) is 0 Å². The topological polar surface area (TPSA) is 38.7 Å². The van der Waals surface area contributed by atoms with E-state index in [0.717, 1.165) is 27.8 Å². The largest absolute Gasteiger partial charge is 0.208 e. The molecule has 0 saturated carbocycles. The van der Waals surface area contributed by atoms with E-state index < -0.39 is 0 Å². The van der Waals surface area contributed by atoms with Crippen LogP contribution in [0.15, 0.2) is 237 Å². The van der Waals surface area contributed by atoms with Gasteiger partial charge in [-0.3, -0.25) is 0 Å². The van der Waals surface area contributed by atoms with E-state index in [-0.39, 0.29) is 0 Å². The standard InChI is InChI=1S/C59H39N3/c1-3-15-47(16-4-1)57-60-58(48-17-5-2-6-18-48)62-59(61-57)49-35-33-43(34-36-49)41-27-25-40(26-28-41)42-29-31-44(32-30-42)50-37-51(55-23-11-19-45-13-7-9-21-53(45)55)39-52(38-50)56-24-12-20-46-14-8-10-22-54(46)56/h1-39H. The molecule has 3 heteroatoms. The van der Waals surface area contributed by atoms with E-state index in [0.29, 0.717) is 17.5 Å². The molecule has 1 aromatic heterocycles. The monoisotopic (exact) mass is 789 g/mol. The molecule has 0 aliphatic rings. The number of hydrogen-bond donors (Lipinski definition) is 0. The highest BCUT2D eigenvalue weighted by Crippen LogP contribution is 2.39. The molecule has 0 unspecified atom stereocenters. The third-order valence-corrected chi connectivity index (χ3v) is 11.7. The van der Waals surface area contributed by atoms with Gasteiger partial charge in [-0.1, -0.05) is 218 Å². The highest BCUT2D eigenvalue weighted by molar-refractivity contribution is 6.01. The Morgan fingerprint density at radius 1 is 0.194 bits per heavy atom. The van der Waals surface area contributed by atoms with Crippen molar-refractivity contribution in [1.29, 1.82) is 0 Å². The van der Waals surface area contributed by atoms with Crippen LogP contribution in [-0.4, -0.2) is 15.0 Å². The molecule has 0 radical (unpaired) electrons. The van der Waals surface area contributed by atoms with Gasteiger partial charge in [-0.15, -0.1) is 0 Å². The molecule has 0 fully saturated rings. The molecule has 11 aromatic rings. The van der Waals surface area contributed by atoms with Crippen molar-refractivity contribution < 1.29 is 0 Å². The molecule has 0 amide bonds. The van der Waals surface area contributed by atoms with E-state index in [1.807, 2.05) is 60.7 Å². The lowest BCUT2D eigenvalue weighted by molar-refractivity contribution is 1.07. The highest BCUT2D eigenvalue weighted by atomic mass is 15.0. The molecule has 62 heavy (non-hydrogen) atoms. The van der Waals surface area contributed by atoms with Gasteiger partial charge in [-0.05, 0) is 95.4 Å². The van der Waals surface area contributed by atoms with Crippen LogP contribution in [0.2, 0.25) is 0 Å². The summed E-state index contributed by atoms with van der Waals surface area (Å²) in [6.45, 7) is 0. The first kappa shape index (κ1) is 36.8. The lowest BCUT2D eigenvalue weighted by Crippen LogP contribution is -2.00. The average Bonchev–Trinajstić information content (AvgIpc) is 3.36. The lowest BCUT2D eigenvalue weighted by atomic mass is 9.89. The summed E-state index contributed by atoms with van der Waals surface area (Å²) >= 11 is 0. The zero-order chi connectivity index (χ0) is 41.2. The zero-order valence-electron chi connectivity index (χ0n) is 33.9. The first-order chi connectivity index (χ1) is 30.7. The van der Waals surface area contributed by atoms with E-state index in [4.69, 9.17) is 15.0 Å². The third-order valence-electron chi connectivity index (χ3n) is 11.7. The molecule has 0 atom stereocenters. The summed E-state index contributed by atoms with van der Waals surface area (Å²) in [5, 5.41) is 4.99. The van der Waals surface area contributed by atoms with E-state index in [1.54, 1.807) is 0 Å². The van der Waals surface area contributed by atoms with Gasteiger partial charge >= 0.3 is 0 Å². The van der Waals surface area contributed by atoms with Gasteiger partial charge in [-0.2, -0.15) is 0 Å². The Morgan fingerprint density at radius 2 is 0.484 bits per heavy atom. The van der Waals surface area contributed by atoms with Crippen LogP contribution in [0.25, 0.3) is 111 Å². The van der Waals surface area contributed by atoms with Crippen molar-refractivity contribution in [3.05, 3.63) is 237 Å². The Labute approximate surface area is 361 Å². The summed E-state index contributed by atoms with van der Waals surface area (Å²) in [6.07, 6.45) is 0. The predicted molar refractivity (Wildman–Crippen MR) is 258 cm³/mol. The van der Waals surface area contributed by atoms with Crippen LogP contribution in [0.3, 0.4) is 0 Å². The lowest BCUT2D eigenvalue weighted by Gasteiger charge is -2.15. The van der Waals surface area contributed by atoms with Gasteiger partial charge in [0, 0.05) is 16.7 Å². The van der Waals surface area contributed by atoms with Crippen LogP contribution < -0.4 is 0 Å². The van der Waals surface area contributed by atoms with Crippen molar-refractivity contribution in [3.63, 3.8) is 0 Å². The summed E-state index contributed by atoms with van der Waals surface area (Å²) in [4.78, 5) is 14.7. The zero-order valence-corrected chi connectivity index (χ0v) is 33.9. The van der Waals surface area contributed by atoms with Gasteiger partial charge < -0.3 is 0 Å². The van der Waals surface area contributed by atoms with Crippen LogP contribution >= 0.6 is 0 Å². The number of rotatable bonds is 8. The minimum atomic E-state index is 0.646. The maximum Gasteiger partial charge on any atom is 0.164 e. The number of aromatic nitrogens is 3. The van der Waals surface area contributed by atoms with Crippen LogP contribution in [0.1, 0.15) is 0 Å². The molecule has 11 rings (SSSR count). The Bertz CT molecular complexity index is 3190. The maximum absolute atomic E-state index is 4.91. The quantitative estimate of drug-likeness (QED) is 0.154. The molecule has 0 aliphatic carbocycles. The third kappa shape index (κ3) is 7.23. The molecule has 0 aliphatic heterocycles. The second-order valence-electron chi connectivity index (χ2n) is 15.6. The molecule has 290 valence electrons. The second kappa shape index (κ2) is 16.1. The van der Waals surface area contributed by atoms with Crippen molar-refractivity contribution in [3.8, 4) is 89.8 Å². The average molecular weight is 790 g/mol. The molecule has 0 bridgehead atoms. The molecule has 0 spiro atoms. The van der Waals surface area contributed by atoms with Gasteiger partial charge in [0.15, 0.2) is 17.5 Å². The van der Waals surface area contributed by atoms with Crippen molar-refractivity contribution in [2.24, 2.45) is 0 Å². The molecule has 10 aromatic carbocycles. The fourth-order valence-corrected chi connectivity index (χ4v) is 8.52. The number of fused-ring (bicyclic) bond motifs is 2. The number of nitrogens with zero attached hydrogens (tertiary/aromatic N) is 3. The van der Waals surface area contributed by atoms with Crippen LogP contribution in [0.4, 0.5) is 0 Å². The highest BCUT2D eigenvalue weighted by Gasteiger charge is 2.14. The maximum atomic E-state index is 4.91. The summed E-state index contributed by atoms with van der Waals surface area (Å²) in [5.41, 5.74) is 14.7. The van der Waals surface area contributed by atoms with Crippen molar-refractivity contribution in [2.45, 2.75) is 0 Å². The van der Waals surface area contributed by atoms with Crippen LogP contribution in [-0.2, 0) is 0 Å². The van der Waals surface area contributed by atoms with Gasteiger partial charge in [0.05, 0.1) is 0 Å². The number of benzene rings is 10. The summed E-state index contributed by atoms with van der Waals surface area (Å²) in [5.74, 6) is 1.96. The van der Waals surface area contributed by atoms with Gasteiger partial charge in [-0.25, -0.2) is 15.0 Å². The van der Waals surface area contributed by atoms with E-state index >= 15 is 0 Å². The van der Waals surface area contributed by atoms with E-state index in [1.165, 1.54) is 66.1 Å². The summed E-state index contributed by atoms with van der Waals surface area (Å²) in [6, 6.07) is 84.0. The Hall–Kier alpha value is -8.27. The number of hydrogen-bond acceptors (Lipinski definition) is 3. The second-order valence-corrected chi connectivity index (χ2v) is 15.6. The van der Waals surface area contributed by atoms with Crippen molar-refractivity contribution >= 4 is 21.5 Å². The smallest absolute Gasteiger partial charge is 0.164 e. The van der Waals surface area contributed by atoms with Gasteiger partial charge in [0.25, 0.3) is 0 Å². The SMILES string of the molecule is c1ccc(-c2nc(-c3ccccc3)nc(-c3ccc(-c4ccc(-c5ccc(-c6cc(-c7cccc8ccccc78)cc(-c7cccc8ccccc78)c6)cc5)cc4)cc3)n2)cc1. The van der Waals surface area contributed by atoms with Crippen molar-refractivity contribution in [1.82, 2.24) is 15.0 Å². The fourth-order valence-electron chi connectivity index (χ4n) is 8.52. The van der Waals surface area contributed by atoms with E-state index in [9.17, 15) is 0 Å². The first-order valence-electron chi connectivity index (χ1n) is 21.0. The van der Waals surface area contributed by atoms with E-state index in [2.05, 4.69) is 176 Å². The Kier molecular flexibility index (Phi) is 9.53. The predicted octanol–water partition coefficient (Wildman–Crippen LogP) is 15.5. The molecular formula is C59H39N3. The Morgan fingerprint density at radius 3 is 0.887 bits per heavy atom. The normalized spacial score (nSPS) is 11.2. The molecular weight excluding hydrogens is 751 g/mol. The van der Waals surface area contributed by atoms with Crippen LogP contribution in [0, 0.1) is 0 Å². The Balaban J connectivity index is 0.890. The molecule has 0 N–H and O–H groups in total. The first-order valence-corrected chi connectivity index (χ1v) is 21.0. The minimum absolute atomic E-state index is 0.646. The molecule has 0 saturated heterocycles. The van der Waals surface area contributed by atoms with Crippen molar-refractivity contribution in [2.75, 3.05) is 0 Å². The van der Waals surface area contributed by atoms with Crippen LogP contribution in [0.5, 0.6) is 0 Å².